The third kappa shape index (κ3) is 5.56. The van der Waals surface area contributed by atoms with Gasteiger partial charge in [0, 0.05) is 12.2 Å². The fourth-order valence-electron chi connectivity index (χ4n) is 3.34. The van der Waals surface area contributed by atoms with Crippen molar-refractivity contribution < 1.29 is 13.9 Å². The molecule has 0 aliphatic heterocycles. The Labute approximate surface area is 191 Å². The molecule has 1 N–H and O–H groups in total. The standard InChI is InChI=1S/C24H27FN4O2S/c1-6-11-29-21(14-31-20-10-8-7-9-19(20)25)27-28-24(29)32-18(5)23(30)26-22-16(3)12-15(2)13-17(22)4/h6-10,12-13,18H,1,11,14H2,2-5H3,(H,26,30). The number of hydrogen-bond acceptors (Lipinski definition) is 5. The minimum Gasteiger partial charge on any atom is -0.483 e. The van der Waals surface area contributed by atoms with Crippen LogP contribution in [0.1, 0.15) is 29.4 Å². The summed E-state index contributed by atoms with van der Waals surface area (Å²) in [6.45, 7) is 12.1. The SMILES string of the molecule is C=CCn1c(COc2ccccc2F)nnc1SC(C)C(=O)Nc1c(C)cc(C)cc1C. The lowest BCUT2D eigenvalue weighted by atomic mass is 10.1. The van der Waals surface area contributed by atoms with E-state index in [1.165, 1.54) is 17.8 Å². The summed E-state index contributed by atoms with van der Waals surface area (Å²) in [5.74, 6) is 0.103. The molecule has 0 aliphatic carbocycles. The minimum atomic E-state index is -0.441. The fourth-order valence-corrected chi connectivity index (χ4v) is 4.22. The molecule has 1 heterocycles. The summed E-state index contributed by atoms with van der Waals surface area (Å²) in [5, 5.41) is 11.6. The van der Waals surface area contributed by atoms with E-state index >= 15 is 0 Å². The summed E-state index contributed by atoms with van der Waals surface area (Å²) in [7, 11) is 0. The van der Waals surface area contributed by atoms with Crippen LogP contribution in [0.3, 0.4) is 0 Å². The predicted molar refractivity (Wildman–Crippen MR) is 126 cm³/mol. The Kier molecular flexibility index (Phi) is 7.69. The lowest BCUT2D eigenvalue weighted by Crippen LogP contribution is -2.24. The molecule has 0 saturated carbocycles. The van der Waals surface area contributed by atoms with E-state index in [9.17, 15) is 9.18 Å². The normalized spacial score (nSPS) is 11.8. The van der Waals surface area contributed by atoms with Crippen molar-refractivity contribution in [2.75, 3.05) is 5.32 Å². The first-order valence-electron chi connectivity index (χ1n) is 10.3. The number of carbonyl (C=O) groups is 1. The Morgan fingerprint density at radius 2 is 1.94 bits per heavy atom. The van der Waals surface area contributed by atoms with Crippen molar-refractivity contribution in [1.29, 1.82) is 0 Å². The molecule has 0 saturated heterocycles. The Morgan fingerprint density at radius 1 is 1.25 bits per heavy atom. The van der Waals surface area contributed by atoms with Crippen LogP contribution in [-0.4, -0.2) is 25.9 Å². The first-order valence-corrected chi connectivity index (χ1v) is 11.1. The summed E-state index contributed by atoms with van der Waals surface area (Å²) in [5.41, 5.74) is 4.04. The highest BCUT2D eigenvalue weighted by molar-refractivity contribution is 8.00. The van der Waals surface area contributed by atoms with Gasteiger partial charge in [-0.15, -0.1) is 16.8 Å². The highest BCUT2D eigenvalue weighted by Crippen LogP contribution is 2.27. The molecule has 0 fully saturated rings. The molecule has 0 bridgehead atoms. The molecule has 2 aromatic carbocycles. The molecule has 32 heavy (non-hydrogen) atoms. The van der Waals surface area contributed by atoms with Gasteiger partial charge in [-0.3, -0.25) is 9.36 Å². The van der Waals surface area contributed by atoms with Gasteiger partial charge in [0.1, 0.15) is 6.61 Å². The summed E-state index contributed by atoms with van der Waals surface area (Å²) in [6.07, 6.45) is 1.71. The Morgan fingerprint density at radius 3 is 2.59 bits per heavy atom. The number of amides is 1. The first-order chi connectivity index (χ1) is 15.3. The van der Waals surface area contributed by atoms with Crippen LogP contribution < -0.4 is 10.1 Å². The van der Waals surface area contributed by atoms with Gasteiger partial charge in [-0.05, 0) is 51.0 Å². The first kappa shape index (κ1) is 23.5. The van der Waals surface area contributed by atoms with Crippen molar-refractivity contribution in [3.05, 3.63) is 77.4 Å². The van der Waals surface area contributed by atoms with Crippen molar-refractivity contribution in [2.24, 2.45) is 0 Å². The summed E-state index contributed by atoms with van der Waals surface area (Å²) in [6, 6.07) is 10.3. The number of thioether (sulfide) groups is 1. The molecule has 0 radical (unpaired) electrons. The van der Waals surface area contributed by atoms with Gasteiger partial charge < -0.3 is 10.1 Å². The lowest BCUT2D eigenvalue weighted by Gasteiger charge is -2.16. The minimum absolute atomic E-state index is 0.0463. The third-order valence-electron chi connectivity index (χ3n) is 4.88. The average molecular weight is 455 g/mol. The van der Waals surface area contributed by atoms with Crippen LogP contribution in [0.4, 0.5) is 10.1 Å². The van der Waals surface area contributed by atoms with Gasteiger partial charge in [0.2, 0.25) is 5.91 Å². The second-order valence-electron chi connectivity index (χ2n) is 7.54. The molecule has 6 nitrogen and oxygen atoms in total. The molecule has 1 atom stereocenters. The number of anilines is 1. The van der Waals surface area contributed by atoms with Gasteiger partial charge in [-0.2, -0.15) is 0 Å². The maximum absolute atomic E-state index is 13.8. The van der Waals surface area contributed by atoms with E-state index in [2.05, 4.69) is 22.1 Å². The van der Waals surface area contributed by atoms with Gasteiger partial charge in [0.15, 0.2) is 22.5 Å². The molecule has 1 unspecified atom stereocenters. The highest BCUT2D eigenvalue weighted by atomic mass is 32.2. The number of allylic oxidation sites excluding steroid dienone is 1. The summed E-state index contributed by atoms with van der Waals surface area (Å²) >= 11 is 1.30. The Bertz CT molecular complexity index is 1110. The number of aromatic nitrogens is 3. The number of halogens is 1. The van der Waals surface area contributed by atoms with E-state index in [4.69, 9.17) is 4.74 Å². The second-order valence-corrected chi connectivity index (χ2v) is 8.85. The van der Waals surface area contributed by atoms with Gasteiger partial charge in [-0.1, -0.05) is 47.7 Å². The summed E-state index contributed by atoms with van der Waals surface area (Å²) in [4.78, 5) is 12.9. The van der Waals surface area contributed by atoms with Gasteiger partial charge in [0.05, 0.1) is 5.25 Å². The third-order valence-corrected chi connectivity index (χ3v) is 5.96. The van der Waals surface area contributed by atoms with E-state index in [-0.39, 0.29) is 18.3 Å². The van der Waals surface area contributed by atoms with Crippen molar-refractivity contribution >= 4 is 23.4 Å². The number of nitrogens with zero attached hydrogens (tertiary/aromatic N) is 3. The number of nitrogens with one attached hydrogen (secondary N) is 1. The summed E-state index contributed by atoms with van der Waals surface area (Å²) < 4.78 is 21.2. The topological polar surface area (TPSA) is 69.0 Å². The van der Waals surface area contributed by atoms with Crippen molar-refractivity contribution in [3.63, 3.8) is 0 Å². The van der Waals surface area contributed by atoms with Crippen LogP contribution in [-0.2, 0) is 17.9 Å². The molecule has 0 aliphatic rings. The number of para-hydroxylation sites is 1. The number of aryl methyl sites for hydroxylation is 3. The maximum atomic E-state index is 13.8. The number of benzene rings is 2. The number of ether oxygens (including phenoxy) is 1. The van der Waals surface area contributed by atoms with Crippen LogP contribution in [0.5, 0.6) is 5.75 Å². The molecule has 0 spiro atoms. The highest BCUT2D eigenvalue weighted by Gasteiger charge is 2.21. The monoisotopic (exact) mass is 454 g/mol. The van der Waals surface area contributed by atoms with Crippen LogP contribution >= 0.6 is 11.8 Å². The predicted octanol–water partition coefficient (Wildman–Crippen LogP) is 5.23. The lowest BCUT2D eigenvalue weighted by molar-refractivity contribution is -0.115. The molecule has 8 heteroatoms. The number of rotatable bonds is 9. The van der Waals surface area contributed by atoms with Gasteiger partial charge in [-0.25, -0.2) is 4.39 Å². The molecular weight excluding hydrogens is 427 g/mol. The molecule has 1 amide bonds. The quantitative estimate of drug-likeness (QED) is 0.354. The van der Waals surface area contributed by atoms with Gasteiger partial charge >= 0.3 is 0 Å². The van der Waals surface area contributed by atoms with Gasteiger partial charge in [0.25, 0.3) is 0 Å². The molecule has 3 rings (SSSR count). The van der Waals surface area contributed by atoms with Crippen LogP contribution in [0.15, 0.2) is 54.2 Å². The van der Waals surface area contributed by atoms with E-state index < -0.39 is 11.1 Å². The number of hydrogen-bond donors (Lipinski definition) is 1. The van der Waals surface area contributed by atoms with E-state index in [1.54, 1.807) is 24.3 Å². The van der Waals surface area contributed by atoms with Crippen molar-refractivity contribution in [3.8, 4) is 5.75 Å². The smallest absolute Gasteiger partial charge is 0.237 e. The van der Waals surface area contributed by atoms with Crippen molar-refractivity contribution in [1.82, 2.24) is 14.8 Å². The number of carbonyl (C=O) groups excluding carboxylic acids is 1. The van der Waals surface area contributed by atoms with Crippen LogP contribution in [0.25, 0.3) is 0 Å². The fraction of sp³-hybridized carbons (Fsp3) is 0.292. The second kappa shape index (κ2) is 10.5. The molecular formula is C24H27FN4O2S. The van der Waals surface area contributed by atoms with Crippen LogP contribution in [0.2, 0.25) is 0 Å². The Hall–Kier alpha value is -3.13. The van der Waals surface area contributed by atoms with E-state index in [1.807, 2.05) is 44.4 Å². The largest absolute Gasteiger partial charge is 0.483 e. The van der Waals surface area contributed by atoms with Crippen LogP contribution in [0, 0.1) is 26.6 Å². The van der Waals surface area contributed by atoms with Crippen molar-refractivity contribution in [2.45, 2.75) is 51.3 Å². The zero-order chi connectivity index (χ0) is 23.3. The molecule has 168 valence electrons. The van der Waals surface area contributed by atoms with E-state index in [0.29, 0.717) is 17.5 Å². The average Bonchev–Trinajstić information content (AvgIpc) is 3.11. The zero-order valence-corrected chi connectivity index (χ0v) is 19.5. The molecule has 1 aromatic heterocycles. The zero-order valence-electron chi connectivity index (χ0n) is 18.7. The Balaban J connectivity index is 1.71. The molecule has 3 aromatic rings. The van der Waals surface area contributed by atoms with E-state index in [0.717, 1.165) is 22.4 Å². The maximum Gasteiger partial charge on any atom is 0.237 e.